The molecule has 6 heteroatoms. The summed E-state index contributed by atoms with van der Waals surface area (Å²) >= 11 is 0. The summed E-state index contributed by atoms with van der Waals surface area (Å²) in [6, 6.07) is 8.88. The van der Waals surface area contributed by atoms with Gasteiger partial charge in [0.05, 0.1) is 19.8 Å². The summed E-state index contributed by atoms with van der Waals surface area (Å²) in [5, 5.41) is 3.29. The van der Waals surface area contributed by atoms with Gasteiger partial charge in [0.2, 0.25) is 0 Å². The molecule has 0 radical (unpaired) electrons. The van der Waals surface area contributed by atoms with Gasteiger partial charge in [-0.3, -0.25) is 4.79 Å². The molecule has 2 aliphatic carbocycles. The lowest BCUT2D eigenvalue weighted by atomic mass is 9.90. The molecular weight excluding hydrogens is 390 g/mol. The van der Waals surface area contributed by atoms with E-state index in [1.807, 2.05) is 12.1 Å². The smallest absolute Gasteiger partial charge is 0.253 e. The number of carbonyl (C=O) groups is 1. The molecule has 31 heavy (non-hydrogen) atoms. The molecule has 1 saturated heterocycles. The van der Waals surface area contributed by atoms with Crippen molar-refractivity contribution in [1.29, 1.82) is 0 Å². The number of morpholine rings is 1. The molecule has 3 unspecified atom stereocenters. The van der Waals surface area contributed by atoms with Crippen LogP contribution in [0.1, 0.15) is 18.4 Å². The van der Waals surface area contributed by atoms with Gasteiger partial charge in [0.25, 0.3) is 5.91 Å². The Morgan fingerprint density at radius 3 is 2.94 bits per heavy atom. The number of nitrogens with zero attached hydrogens (tertiary/aromatic N) is 2. The van der Waals surface area contributed by atoms with Gasteiger partial charge >= 0.3 is 0 Å². The first-order valence-electron chi connectivity index (χ1n) is 11.3. The Morgan fingerprint density at radius 2 is 2.16 bits per heavy atom. The fourth-order valence-corrected chi connectivity index (χ4v) is 4.80. The van der Waals surface area contributed by atoms with Crippen molar-refractivity contribution in [2.75, 3.05) is 33.4 Å². The van der Waals surface area contributed by atoms with E-state index in [1.54, 1.807) is 7.11 Å². The van der Waals surface area contributed by atoms with Crippen LogP contribution in [0.3, 0.4) is 0 Å². The van der Waals surface area contributed by atoms with Crippen LogP contribution in [-0.2, 0) is 16.1 Å². The summed E-state index contributed by atoms with van der Waals surface area (Å²) in [6.45, 7) is 3.52. The zero-order chi connectivity index (χ0) is 21.2. The molecule has 4 aliphatic rings. The average Bonchev–Trinajstić information content (AvgIpc) is 3.61. The molecule has 0 spiro atoms. The summed E-state index contributed by atoms with van der Waals surface area (Å²) in [5.74, 6) is 1.31. The van der Waals surface area contributed by atoms with Gasteiger partial charge in [-0.25, -0.2) is 0 Å². The Labute approximate surface area is 184 Å². The van der Waals surface area contributed by atoms with E-state index >= 15 is 0 Å². The minimum absolute atomic E-state index is 0.133. The molecule has 1 N–H and O–H groups in total. The third kappa shape index (κ3) is 4.41. The van der Waals surface area contributed by atoms with Gasteiger partial charge < -0.3 is 24.6 Å². The van der Waals surface area contributed by atoms with Gasteiger partial charge in [-0.15, -0.1) is 0 Å². The van der Waals surface area contributed by atoms with Crippen molar-refractivity contribution in [3.8, 4) is 5.75 Å². The van der Waals surface area contributed by atoms with Crippen LogP contribution in [0.25, 0.3) is 0 Å². The van der Waals surface area contributed by atoms with Crippen LogP contribution < -0.4 is 10.1 Å². The molecule has 3 atom stereocenters. The van der Waals surface area contributed by atoms with Crippen LogP contribution >= 0.6 is 0 Å². The van der Waals surface area contributed by atoms with Crippen molar-refractivity contribution in [1.82, 2.24) is 15.1 Å². The van der Waals surface area contributed by atoms with Crippen molar-refractivity contribution in [2.45, 2.75) is 37.6 Å². The summed E-state index contributed by atoms with van der Waals surface area (Å²) in [6.07, 6.45) is 12.9. The number of benzene rings is 1. The molecule has 0 bridgehead atoms. The van der Waals surface area contributed by atoms with Gasteiger partial charge in [0.15, 0.2) is 0 Å². The molecule has 2 heterocycles. The summed E-state index contributed by atoms with van der Waals surface area (Å²) < 4.78 is 11.2. The lowest BCUT2D eigenvalue weighted by molar-refractivity contribution is -0.145. The number of hydrogen-bond donors (Lipinski definition) is 1. The number of carbonyl (C=O) groups excluding carboxylic acids is 1. The molecule has 1 amide bonds. The number of fused-ring (bicyclic) bond motifs is 1. The molecule has 2 aliphatic heterocycles. The van der Waals surface area contributed by atoms with E-state index in [-0.39, 0.29) is 18.1 Å². The van der Waals surface area contributed by atoms with E-state index in [0.717, 1.165) is 31.7 Å². The lowest BCUT2D eigenvalue weighted by Crippen LogP contribution is -2.50. The minimum Gasteiger partial charge on any atom is -0.497 e. The van der Waals surface area contributed by atoms with Gasteiger partial charge in [-0.1, -0.05) is 36.4 Å². The van der Waals surface area contributed by atoms with E-state index < -0.39 is 0 Å². The van der Waals surface area contributed by atoms with Crippen molar-refractivity contribution < 1.29 is 14.3 Å². The van der Waals surface area contributed by atoms with Gasteiger partial charge in [0.1, 0.15) is 11.9 Å². The molecule has 6 nitrogen and oxygen atoms in total. The molecule has 1 aromatic carbocycles. The Bertz CT molecular complexity index is 899. The Hall–Kier alpha value is -2.57. The molecule has 2 fully saturated rings. The Morgan fingerprint density at radius 1 is 1.29 bits per heavy atom. The van der Waals surface area contributed by atoms with Crippen molar-refractivity contribution >= 4 is 5.91 Å². The lowest BCUT2D eigenvalue weighted by Gasteiger charge is -2.32. The maximum absolute atomic E-state index is 13.2. The first-order valence-corrected chi connectivity index (χ1v) is 11.3. The maximum Gasteiger partial charge on any atom is 0.253 e. The standard InChI is InChI=1S/C25H31N3O3/c1-30-21-6-4-5-18(13-21)15-27-16-19(22-7-2-3-8-23(22)27)17-28(20-9-10-20)25(29)24-14-26-11-12-31-24/h2-8,13,16,20,22-24,26H,9-12,14-15,17H2,1H3. The average molecular weight is 422 g/mol. The molecule has 5 rings (SSSR count). The predicted molar refractivity (Wildman–Crippen MR) is 120 cm³/mol. The van der Waals surface area contributed by atoms with Crippen molar-refractivity contribution in [3.05, 3.63) is 65.9 Å². The highest BCUT2D eigenvalue weighted by Gasteiger charge is 2.40. The second-order valence-corrected chi connectivity index (χ2v) is 8.77. The number of methoxy groups -OCH3 is 1. The Kier molecular flexibility index (Phi) is 5.83. The van der Waals surface area contributed by atoms with Crippen LogP contribution in [0.15, 0.2) is 60.3 Å². The van der Waals surface area contributed by atoms with E-state index in [2.05, 4.69) is 57.8 Å². The van der Waals surface area contributed by atoms with Gasteiger partial charge in [-0.05, 0) is 36.1 Å². The third-order valence-electron chi connectivity index (χ3n) is 6.57. The highest BCUT2D eigenvalue weighted by molar-refractivity contribution is 5.82. The second-order valence-electron chi connectivity index (χ2n) is 8.77. The molecule has 0 aromatic heterocycles. The highest BCUT2D eigenvalue weighted by atomic mass is 16.5. The number of hydrogen-bond acceptors (Lipinski definition) is 5. The molecular formula is C25H31N3O3. The van der Waals surface area contributed by atoms with Crippen LogP contribution in [0, 0.1) is 5.92 Å². The summed E-state index contributed by atoms with van der Waals surface area (Å²) in [5.41, 5.74) is 2.52. The van der Waals surface area contributed by atoms with E-state index in [4.69, 9.17) is 9.47 Å². The molecule has 1 aromatic rings. The normalized spacial score (nSPS) is 27.1. The quantitative estimate of drug-likeness (QED) is 0.733. The van der Waals surface area contributed by atoms with Crippen LogP contribution in [0.4, 0.5) is 0 Å². The zero-order valence-electron chi connectivity index (χ0n) is 18.1. The number of nitrogens with one attached hydrogen (secondary N) is 1. The number of rotatable bonds is 7. The number of allylic oxidation sites excluding steroid dienone is 2. The van der Waals surface area contributed by atoms with Crippen LogP contribution in [0.2, 0.25) is 0 Å². The summed E-state index contributed by atoms with van der Waals surface area (Å²) in [7, 11) is 1.70. The third-order valence-corrected chi connectivity index (χ3v) is 6.57. The van der Waals surface area contributed by atoms with E-state index in [1.165, 1.54) is 11.1 Å². The van der Waals surface area contributed by atoms with Crippen LogP contribution in [0.5, 0.6) is 5.75 Å². The maximum atomic E-state index is 13.2. The fourth-order valence-electron chi connectivity index (χ4n) is 4.80. The van der Waals surface area contributed by atoms with E-state index in [0.29, 0.717) is 31.7 Å². The molecule has 164 valence electrons. The topological polar surface area (TPSA) is 54.0 Å². The highest BCUT2D eigenvalue weighted by Crippen LogP contribution is 2.37. The summed E-state index contributed by atoms with van der Waals surface area (Å²) in [4.78, 5) is 17.7. The second kappa shape index (κ2) is 8.89. The number of amides is 1. The molecule has 1 saturated carbocycles. The fraction of sp³-hybridized carbons (Fsp3) is 0.480. The SMILES string of the molecule is COc1cccc(CN2C=C(CN(C(=O)C3CNCCO3)C3CC3)C3C=CC=CC32)c1. The van der Waals surface area contributed by atoms with Crippen LogP contribution in [-0.4, -0.2) is 67.2 Å². The predicted octanol–water partition coefficient (Wildman–Crippen LogP) is 2.48. The first kappa shape index (κ1) is 20.3. The largest absolute Gasteiger partial charge is 0.497 e. The monoisotopic (exact) mass is 421 g/mol. The first-order chi connectivity index (χ1) is 15.2. The van der Waals surface area contributed by atoms with Gasteiger partial charge in [-0.2, -0.15) is 0 Å². The van der Waals surface area contributed by atoms with Crippen molar-refractivity contribution in [2.24, 2.45) is 5.92 Å². The van der Waals surface area contributed by atoms with Crippen molar-refractivity contribution in [3.63, 3.8) is 0 Å². The Balaban J connectivity index is 1.35. The number of ether oxygens (including phenoxy) is 2. The zero-order valence-corrected chi connectivity index (χ0v) is 18.1. The van der Waals surface area contributed by atoms with Gasteiger partial charge in [0, 0.05) is 44.3 Å². The van der Waals surface area contributed by atoms with E-state index in [9.17, 15) is 4.79 Å². The minimum atomic E-state index is -0.359.